The van der Waals surface area contributed by atoms with Crippen LogP contribution in [-0.4, -0.2) is 39.6 Å². The van der Waals surface area contributed by atoms with Crippen LogP contribution >= 0.6 is 11.8 Å². The third-order valence-electron chi connectivity index (χ3n) is 3.25. The third kappa shape index (κ3) is 3.03. The molecule has 1 heterocycles. The molecule has 0 spiro atoms. The van der Waals surface area contributed by atoms with E-state index in [2.05, 4.69) is 6.08 Å². The molecule has 0 radical (unpaired) electrons. The summed E-state index contributed by atoms with van der Waals surface area (Å²) < 4.78 is 0. The minimum absolute atomic E-state index is 0.0319. The molecule has 1 amide bonds. The summed E-state index contributed by atoms with van der Waals surface area (Å²) in [5.41, 5.74) is 1.18. The van der Waals surface area contributed by atoms with Crippen LogP contribution in [0.4, 0.5) is 0 Å². The lowest BCUT2D eigenvalue weighted by Crippen LogP contribution is -2.41. The zero-order valence-corrected chi connectivity index (χ0v) is 10.5. The van der Waals surface area contributed by atoms with Crippen LogP contribution in [0.3, 0.4) is 0 Å². The van der Waals surface area contributed by atoms with Gasteiger partial charge in [0, 0.05) is 12.2 Å². The number of carboxylic acids is 1. The van der Waals surface area contributed by atoms with Crippen molar-refractivity contribution in [2.75, 3.05) is 11.6 Å². The molecule has 17 heavy (non-hydrogen) atoms. The van der Waals surface area contributed by atoms with Crippen LogP contribution in [0.15, 0.2) is 11.6 Å². The molecule has 2 aliphatic rings. The normalized spacial score (nSPS) is 24.6. The number of allylic oxidation sites excluding steroid dienone is 1. The van der Waals surface area contributed by atoms with E-state index in [1.807, 2.05) is 0 Å². The molecule has 0 unspecified atom stereocenters. The average molecular weight is 255 g/mol. The Morgan fingerprint density at radius 3 is 2.94 bits per heavy atom. The van der Waals surface area contributed by atoms with Gasteiger partial charge in [0.15, 0.2) is 0 Å². The molecule has 0 saturated carbocycles. The molecule has 1 aliphatic carbocycles. The lowest BCUT2D eigenvalue weighted by molar-refractivity contribution is -0.147. The highest BCUT2D eigenvalue weighted by molar-refractivity contribution is 7.99. The smallest absolute Gasteiger partial charge is 0.327 e. The first-order valence-corrected chi connectivity index (χ1v) is 7.12. The van der Waals surface area contributed by atoms with Gasteiger partial charge in [-0.25, -0.2) is 4.79 Å². The summed E-state index contributed by atoms with van der Waals surface area (Å²) in [5.74, 6) is 0.111. The Morgan fingerprint density at radius 1 is 1.47 bits per heavy atom. The van der Waals surface area contributed by atoms with E-state index in [-0.39, 0.29) is 5.91 Å². The molecule has 5 heteroatoms. The van der Waals surface area contributed by atoms with E-state index < -0.39 is 12.0 Å². The summed E-state index contributed by atoms with van der Waals surface area (Å²) in [6.07, 6.45) is 6.94. The molecule has 1 fully saturated rings. The Bertz CT molecular complexity index is 354. The second kappa shape index (κ2) is 5.58. The van der Waals surface area contributed by atoms with Crippen molar-refractivity contribution in [3.63, 3.8) is 0 Å². The Kier molecular flexibility index (Phi) is 4.10. The number of rotatable bonds is 3. The van der Waals surface area contributed by atoms with Gasteiger partial charge in [0.05, 0.1) is 5.88 Å². The molecule has 0 aromatic heterocycles. The van der Waals surface area contributed by atoms with Gasteiger partial charge in [-0.05, 0) is 25.7 Å². The summed E-state index contributed by atoms with van der Waals surface area (Å²) in [6.45, 7) is 0. The lowest BCUT2D eigenvalue weighted by Gasteiger charge is -2.22. The van der Waals surface area contributed by atoms with Gasteiger partial charge < -0.3 is 10.0 Å². The van der Waals surface area contributed by atoms with Gasteiger partial charge in [-0.2, -0.15) is 0 Å². The maximum Gasteiger partial charge on any atom is 0.327 e. The predicted octanol–water partition coefficient (Wildman–Crippen LogP) is 1.86. The quantitative estimate of drug-likeness (QED) is 0.782. The number of nitrogens with zero attached hydrogens (tertiary/aromatic N) is 1. The highest BCUT2D eigenvalue weighted by atomic mass is 32.2. The van der Waals surface area contributed by atoms with Crippen LogP contribution in [0.5, 0.6) is 0 Å². The van der Waals surface area contributed by atoms with Gasteiger partial charge >= 0.3 is 5.97 Å². The van der Waals surface area contributed by atoms with E-state index >= 15 is 0 Å². The minimum Gasteiger partial charge on any atom is -0.480 e. The standard InChI is InChI=1S/C12H17NO3S/c14-11(6-9-4-2-1-3-5-9)13-8-17-7-10(13)12(15)16/h4,10H,1-3,5-8H2,(H,15,16)/t10-/m0/s1. The fourth-order valence-corrected chi connectivity index (χ4v) is 3.43. The van der Waals surface area contributed by atoms with Crippen molar-refractivity contribution in [2.24, 2.45) is 0 Å². The summed E-state index contributed by atoms with van der Waals surface area (Å²) in [5, 5.41) is 9.02. The third-order valence-corrected chi connectivity index (χ3v) is 4.26. The van der Waals surface area contributed by atoms with Crippen molar-refractivity contribution in [1.82, 2.24) is 4.90 Å². The number of aliphatic carboxylic acids is 1. The molecular weight excluding hydrogens is 238 g/mol. The molecule has 0 aromatic carbocycles. The second-order valence-electron chi connectivity index (χ2n) is 4.50. The maximum absolute atomic E-state index is 12.0. The van der Waals surface area contributed by atoms with E-state index in [4.69, 9.17) is 5.11 Å². The number of hydrogen-bond acceptors (Lipinski definition) is 3. The number of carbonyl (C=O) groups is 2. The van der Waals surface area contributed by atoms with Crippen LogP contribution in [0.2, 0.25) is 0 Å². The van der Waals surface area contributed by atoms with E-state index in [1.54, 1.807) is 0 Å². The van der Waals surface area contributed by atoms with Gasteiger partial charge in [0.1, 0.15) is 6.04 Å². The number of hydrogen-bond donors (Lipinski definition) is 1. The fourth-order valence-electron chi connectivity index (χ4n) is 2.25. The van der Waals surface area contributed by atoms with Crippen LogP contribution in [0, 0.1) is 0 Å². The van der Waals surface area contributed by atoms with Crippen molar-refractivity contribution >= 4 is 23.6 Å². The molecule has 1 saturated heterocycles. The molecule has 2 rings (SSSR count). The van der Waals surface area contributed by atoms with Crippen molar-refractivity contribution in [3.8, 4) is 0 Å². The molecule has 94 valence electrons. The van der Waals surface area contributed by atoms with Gasteiger partial charge in [-0.3, -0.25) is 4.79 Å². The van der Waals surface area contributed by atoms with Gasteiger partial charge in [0.25, 0.3) is 0 Å². The molecule has 1 aliphatic heterocycles. The van der Waals surface area contributed by atoms with E-state index in [0.29, 0.717) is 18.1 Å². The van der Waals surface area contributed by atoms with Crippen LogP contribution < -0.4 is 0 Å². The number of amides is 1. The number of thioether (sulfide) groups is 1. The monoisotopic (exact) mass is 255 g/mol. The second-order valence-corrected chi connectivity index (χ2v) is 5.50. The summed E-state index contributed by atoms with van der Waals surface area (Å²) >= 11 is 1.51. The van der Waals surface area contributed by atoms with Crippen molar-refractivity contribution in [3.05, 3.63) is 11.6 Å². The Balaban J connectivity index is 1.95. The van der Waals surface area contributed by atoms with Gasteiger partial charge in [0.2, 0.25) is 5.91 Å². The topological polar surface area (TPSA) is 57.6 Å². The van der Waals surface area contributed by atoms with Crippen molar-refractivity contribution in [1.29, 1.82) is 0 Å². The van der Waals surface area contributed by atoms with Crippen LogP contribution in [0.1, 0.15) is 32.1 Å². The van der Waals surface area contributed by atoms with Crippen LogP contribution in [0.25, 0.3) is 0 Å². The maximum atomic E-state index is 12.0. The Hall–Kier alpha value is -0.970. The first kappa shape index (κ1) is 12.5. The lowest BCUT2D eigenvalue weighted by atomic mass is 9.97. The molecule has 1 atom stereocenters. The highest BCUT2D eigenvalue weighted by Gasteiger charge is 2.34. The SMILES string of the molecule is O=C(O)[C@@H]1CSCN1C(=O)CC1=CCCCC1. The molecule has 1 N–H and O–H groups in total. The molecular formula is C12H17NO3S. The number of carbonyl (C=O) groups excluding carboxylic acids is 1. The zero-order chi connectivity index (χ0) is 12.3. The minimum atomic E-state index is -0.888. The van der Waals surface area contributed by atoms with Crippen molar-refractivity contribution < 1.29 is 14.7 Å². The first-order valence-electron chi connectivity index (χ1n) is 5.96. The van der Waals surface area contributed by atoms with E-state index in [9.17, 15) is 9.59 Å². The van der Waals surface area contributed by atoms with Gasteiger partial charge in [-0.1, -0.05) is 11.6 Å². The molecule has 0 aromatic rings. The molecule has 4 nitrogen and oxygen atoms in total. The summed E-state index contributed by atoms with van der Waals surface area (Å²) in [7, 11) is 0. The van der Waals surface area contributed by atoms with Gasteiger partial charge in [-0.15, -0.1) is 11.8 Å². The van der Waals surface area contributed by atoms with E-state index in [1.165, 1.54) is 28.7 Å². The molecule has 0 bridgehead atoms. The first-order chi connectivity index (χ1) is 8.18. The largest absolute Gasteiger partial charge is 0.480 e. The Morgan fingerprint density at radius 2 is 2.29 bits per heavy atom. The summed E-state index contributed by atoms with van der Waals surface area (Å²) in [4.78, 5) is 24.5. The summed E-state index contributed by atoms with van der Waals surface area (Å²) in [6, 6.07) is -0.628. The average Bonchev–Trinajstić information content (AvgIpc) is 2.79. The fraction of sp³-hybridized carbons (Fsp3) is 0.667. The number of carboxylic acid groups (broad SMARTS) is 1. The van der Waals surface area contributed by atoms with Crippen LogP contribution in [-0.2, 0) is 9.59 Å². The zero-order valence-electron chi connectivity index (χ0n) is 9.72. The van der Waals surface area contributed by atoms with E-state index in [0.717, 1.165) is 19.3 Å². The Labute approximate surface area is 105 Å². The predicted molar refractivity (Wildman–Crippen MR) is 66.8 cm³/mol. The van der Waals surface area contributed by atoms with Crippen molar-refractivity contribution in [2.45, 2.75) is 38.1 Å². The highest BCUT2D eigenvalue weighted by Crippen LogP contribution is 2.25.